The van der Waals surface area contributed by atoms with Gasteiger partial charge in [-0.25, -0.2) is 15.0 Å². The van der Waals surface area contributed by atoms with Crippen LogP contribution in [0.15, 0.2) is 206 Å². The van der Waals surface area contributed by atoms with Crippen molar-refractivity contribution in [1.82, 2.24) is 15.0 Å². The molecule has 0 radical (unpaired) electrons. The minimum absolute atomic E-state index is 0.217. The van der Waals surface area contributed by atoms with Gasteiger partial charge in [0.1, 0.15) is 0 Å². The highest BCUT2D eigenvalue weighted by atomic mass is 31.1. The van der Waals surface area contributed by atoms with Gasteiger partial charge in [0.2, 0.25) is 0 Å². The summed E-state index contributed by atoms with van der Waals surface area (Å²) in [6.45, 7) is 9.20. The molecular formula is C55H46N3P3. The standard InChI is InChI=1S/C55H46N3P3/c1-59(2)50-30-14-20-42(36-50)39-17-11-23-45(33-39)53-56-54(46-24-12-18-40(34-46)43-21-15-31-51(37-43)60(3)4)58-55(57-53)47-25-13-19-41(35-47)44-22-16-32-52(38-44)61(48-26-7-5-8-27-48)49-28-9-6-10-29-49/h5-38H,1-4H3. The molecule has 3 nitrogen and oxygen atoms in total. The molecule has 8 aromatic carbocycles. The van der Waals surface area contributed by atoms with Crippen LogP contribution < -0.4 is 26.5 Å². The molecule has 0 fully saturated rings. The molecule has 1 heterocycles. The summed E-state index contributed by atoms with van der Waals surface area (Å²) in [6, 6.07) is 74.4. The lowest BCUT2D eigenvalue weighted by Crippen LogP contribution is -2.20. The van der Waals surface area contributed by atoms with Gasteiger partial charge in [0.15, 0.2) is 17.5 Å². The van der Waals surface area contributed by atoms with Gasteiger partial charge in [-0.05, 0) is 131 Å². The van der Waals surface area contributed by atoms with Gasteiger partial charge in [-0.15, -0.1) is 0 Å². The van der Waals surface area contributed by atoms with Crippen molar-refractivity contribution < 1.29 is 0 Å². The van der Waals surface area contributed by atoms with Crippen molar-refractivity contribution in [2.24, 2.45) is 0 Å². The second-order valence-corrected chi connectivity index (χ2v) is 22.3. The summed E-state index contributed by atoms with van der Waals surface area (Å²) in [5.41, 5.74) is 9.78. The summed E-state index contributed by atoms with van der Waals surface area (Å²) in [5, 5.41) is 6.72. The van der Waals surface area contributed by atoms with E-state index >= 15 is 0 Å². The van der Waals surface area contributed by atoms with Gasteiger partial charge in [0.25, 0.3) is 0 Å². The van der Waals surface area contributed by atoms with Crippen molar-refractivity contribution in [2.75, 3.05) is 26.7 Å². The van der Waals surface area contributed by atoms with E-state index in [0.29, 0.717) is 17.5 Å². The third kappa shape index (κ3) is 9.22. The second kappa shape index (κ2) is 18.4. The van der Waals surface area contributed by atoms with Crippen LogP contribution in [-0.4, -0.2) is 41.6 Å². The molecule has 9 rings (SSSR count). The molecule has 0 aliphatic rings. The zero-order valence-corrected chi connectivity index (χ0v) is 37.5. The fourth-order valence-corrected chi connectivity index (χ4v) is 11.5. The predicted molar refractivity (Wildman–Crippen MR) is 268 cm³/mol. The molecule has 9 aromatic rings. The Hall–Kier alpha value is -5.94. The average Bonchev–Trinajstić information content (AvgIpc) is 3.32. The van der Waals surface area contributed by atoms with E-state index in [-0.39, 0.29) is 15.8 Å². The van der Waals surface area contributed by atoms with E-state index in [9.17, 15) is 0 Å². The van der Waals surface area contributed by atoms with Crippen molar-refractivity contribution in [3.05, 3.63) is 206 Å². The lowest BCUT2D eigenvalue weighted by Gasteiger charge is -2.20. The first kappa shape index (κ1) is 40.5. The van der Waals surface area contributed by atoms with E-state index in [1.165, 1.54) is 37.6 Å². The third-order valence-electron chi connectivity index (χ3n) is 10.9. The minimum atomic E-state index is -0.745. The maximum atomic E-state index is 5.24. The van der Waals surface area contributed by atoms with E-state index in [4.69, 9.17) is 15.0 Å². The Labute approximate surface area is 364 Å². The van der Waals surface area contributed by atoms with E-state index in [1.54, 1.807) is 0 Å². The molecule has 0 bridgehead atoms. The maximum absolute atomic E-state index is 5.24. The van der Waals surface area contributed by atoms with E-state index in [2.05, 4.69) is 233 Å². The van der Waals surface area contributed by atoms with E-state index in [0.717, 1.165) is 38.9 Å². The number of hydrogen-bond acceptors (Lipinski definition) is 3. The number of hydrogen-bond donors (Lipinski definition) is 0. The first-order chi connectivity index (χ1) is 29.9. The topological polar surface area (TPSA) is 38.7 Å². The lowest BCUT2D eigenvalue weighted by atomic mass is 10.0. The van der Waals surface area contributed by atoms with Crippen LogP contribution in [0.3, 0.4) is 0 Å². The molecule has 61 heavy (non-hydrogen) atoms. The molecule has 0 atom stereocenters. The molecule has 0 spiro atoms. The Morgan fingerprint density at radius 3 is 0.852 bits per heavy atom. The second-order valence-electron chi connectivity index (χ2n) is 15.5. The number of nitrogens with zero attached hydrogens (tertiary/aromatic N) is 3. The molecule has 0 amide bonds. The van der Waals surface area contributed by atoms with Crippen molar-refractivity contribution in [3.8, 4) is 67.5 Å². The highest BCUT2D eigenvalue weighted by Gasteiger charge is 2.18. The number of rotatable bonds is 11. The van der Waals surface area contributed by atoms with E-state index < -0.39 is 7.92 Å². The molecule has 0 unspecified atom stereocenters. The Morgan fingerprint density at radius 1 is 0.246 bits per heavy atom. The molecule has 6 heteroatoms. The molecule has 296 valence electrons. The van der Waals surface area contributed by atoms with Gasteiger partial charge in [0, 0.05) is 16.7 Å². The Kier molecular flexibility index (Phi) is 12.2. The van der Waals surface area contributed by atoms with Gasteiger partial charge in [-0.1, -0.05) is 186 Å². The summed E-state index contributed by atoms with van der Waals surface area (Å²) >= 11 is 0. The average molecular weight is 842 g/mol. The molecule has 0 saturated carbocycles. The van der Waals surface area contributed by atoms with Crippen molar-refractivity contribution >= 4 is 50.3 Å². The third-order valence-corrected chi connectivity index (χ3v) is 15.9. The predicted octanol–water partition coefficient (Wildman–Crippen LogP) is 12.4. The SMILES string of the molecule is CP(C)c1cccc(-c2cccc(-c3nc(-c4cccc(-c5cccc(P(C)C)c5)c4)nc(-c4cccc(-c5cccc(P(c6ccccc6)c6ccccc6)c5)c4)n3)c2)c1. The largest absolute Gasteiger partial charge is 0.208 e. The Balaban J connectivity index is 1.15. The van der Waals surface area contributed by atoms with Gasteiger partial charge >= 0.3 is 0 Å². The van der Waals surface area contributed by atoms with Crippen molar-refractivity contribution in [2.45, 2.75) is 0 Å². The monoisotopic (exact) mass is 841 g/mol. The molecule has 0 N–H and O–H groups in total. The molecule has 0 aliphatic heterocycles. The summed E-state index contributed by atoms with van der Waals surface area (Å²) in [4.78, 5) is 15.7. The van der Waals surface area contributed by atoms with Crippen LogP contribution in [0.2, 0.25) is 0 Å². The number of aromatic nitrogens is 3. The molecule has 0 aliphatic carbocycles. The minimum Gasteiger partial charge on any atom is -0.208 e. The van der Waals surface area contributed by atoms with Crippen molar-refractivity contribution in [3.63, 3.8) is 0 Å². The highest BCUT2D eigenvalue weighted by molar-refractivity contribution is 7.79. The van der Waals surface area contributed by atoms with Crippen LogP contribution in [0.4, 0.5) is 0 Å². The van der Waals surface area contributed by atoms with Gasteiger partial charge in [0.05, 0.1) is 0 Å². The number of benzene rings is 8. The zero-order valence-electron chi connectivity index (χ0n) is 34.8. The summed E-state index contributed by atoms with van der Waals surface area (Å²) in [7, 11) is -1.18. The lowest BCUT2D eigenvalue weighted by molar-refractivity contribution is 1.07. The zero-order chi connectivity index (χ0) is 41.7. The fraction of sp³-hybridized carbons (Fsp3) is 0.0727. The summed E-state index contributed by atoms with van der Waals surface area (Å²) in [6.07, 6.45) is 0. The maximum Gasteiger partial charge on any atom is 0.164 e. The Morgan fingerprint density at radius 2 is 0.508 bits per heavy atom. The van der Waals surface area contributed by atoms with Gasteiger partial charge in [-0.3, -0.25) is 0 Å². The quantitative estimate of drug-likeness (QED) is 0.122. The van der Waals surface area contributed by atoms with Gasteiger partial charge in [-0.2, -0.15) is 0 Å². The van der Waals surface area contributed by atoms with E-state index in [1.807, 2.05) is 0 Å². The smallest absolute Gasteiger partial charge is 0.164 e. The Bertz CT molecular complexity index is 2800. The first-order valence-corrected chi connectivity index (χ1v) is 26.3. The first-order valence-electron chi connectivity index (χ1n) is 20.5. The van der Waals surface area contributed by atoms with Gasteiger partial charge < -0.3 is 0 Å². The van der Waals surface area contributed by atoms with Crippen LogP contribution in [0.5, 0.6) is 0 Å². The summed E-state index contributed by atoms with van der Waals surface area (Å²) in [5.74, 6) is 1.92. The molecular weight excluding hydrogens is 796 g/mol. The van der Waals surface area contributed by atoms with Crippen LogP contribution in [0.1, 0.15) is 0 Å². The van der Waals surface area contributed by atoms with Crippen LogP contribution in [0.25, 0.3) is 67.5 Å². The van der Waals surface area contributed by atoms with Crippen LogP contribution in [-0.2, 0) is 0 Å². The molecule has 1 aromatic heterocycles. The highest BCUT2D eigenvalue weighted by Crippen LogP contribution is 2.36. The van der Waals surface area contributed by atoms with Crippen LogP contribution in [0, 0.1) is 0 Å². The summed E-state index contributed by atoms with van der Waals surface area (Å²) < 4.78 is 0. The normalized spacial score (nSPS) is 11.4. The molecule has 0 saturated heterocycles. The fourth-order valence-electron chi connectivity index (χ4n) is 7.63. The van der Waals surface area contributed by atoms with Crippen LogP contribution >= 0.6 is 23.8 Å². The van der Waals surface area contributed by atoms with Crippen molar-refractivity contribution in [1.29, 1.82) is 0 Å².